The minimum atomic E-state index is -0.355. The molecule has 1 saturated heterocycles. The summed E-state index contributed by atoms with van der Waals surface area (Å²) < 4.78 is 0. The summed E-state index contributed by atoms with van der Waals surface area (Å²) in [5, 5.41) is 21.1. The third kappa shape index (κ3) is 6.52. The van der Waals surface area contributed by atoms with Crippen molar-refractivity contribution in [2.75, 3.05) is 57.3 Å². The SMILES string of the molecule is O=[N+]([O-])c1ccc(N2CCCNCCNCCCNCC2)cc1. The highest BCUT2D eigenvalue weighted by atomic mass is 16.6. The molecule has 0 bridgehead atoms. The van der Waals surface area contributed by atoms with Gasteiger partial charge in [0.05, 0.1) is 4.92 Å². The van der Waals surface area contributed by atoms with Crippen LogP contribution in [0.25, 0.3) is 0 Å². The number of anilines is 1. The van der Waals surface area contributed by atoms with Crippen LogP contribution in [-0.2, 0) is 0 Å². The van der Waals surface area contributed by atoms with Gasteiger partial charge in [0, 0.05) is 50.5 Å². The maximum atomic E-state index is 10.8. The predicted octanol–water partition coefficient (Wildman–Crippen LogP) is 0.964. The lowest BCUT2D eigenvalue weighted by Crippen LogP contribution is -2.37. The van der Waals surface area contributed by atoms with Gasteiger partial charge in [-0.1, -0.05) is 0 Å². The van der Waals surface area contributed by atoms with Crippen molar-refractivity contribution in [3.05, 3.63) is 34.4 Å². The van der Waals surface area contributed by atoms with Gasteiger partial charge < -0.3 is 20.9 Å². The maximum Gasteiger partial charge on any atom is 0.269 e. The smallest absolute Gasteiger partial charge is 0.269 e. The van der Waals surface area contributed by atoms with Crippen LogP contribution < -0.4 is 20.9 Å². The zero-order chi connectivity index (χ0) is 16.3. The number of non-ortho nitro benzene ring substituents is 1. The molecule has 0 aliphatic carbocycles. The normalized spacial score (nSPS) is 19.0. The Balaban J connectivity index is 1.93. The molecule has 23 heavy (non-hydrogen) atoms. The van der Waals surface area contributed by atoms with E-state index in [1.54, 1.807) is 12.1 Å². The molecule has 7 heteroatoms. The summed E-state index contributed by atoms with van der Waals surface area (Å²) in [4.78, 5) is 12.7. The van der Waals surface area contributed by atoms with Gasteiger partial charge in [0.1, 0.15) is 0 Å². The molecule has 128 valence electrons. The molecule has 3 N–H and O–H groups in total. The second kappa shape index (κ2) is 10.1. The Labute approximate surface area is 137 Å². The number of nitrogens with zero attached hydrogens (tertiary/aromatic N) is 2. The molecule has 0 spiro atoms. The average Bonchev–Trinajstić information content (AvgIpc) is 2.57. The number of nitrogens with one attached hydrogen (secondary N) is 3. The van der Waals surface area contributed by atoms with Crippen LogP contribution in [0.2, 0.25) is 0 Å². The van der Waals surface area contributed by atoms with Crippen molar-refractivity contribution in [3.8, 4) is 0 Å². The van der Waals surface area contributed by atoms with Crippen LogP contribution in [0, 0.1) is 10.1 Å². The first-order valence-electron chi connectivity index (χ1n) is 8.39. The Morgan fingerprint density at radius 2 is 1.43 bits per heavy atom. The molecule has 1 aliphatic heterocycles. The van der Waals surface area contributed by atoms with Gasteiger partial charge in [0.25, 0.3) is 5.69 Å². The van der Waals surface area contributed by atoms with E-state index in [9.17, 15) is 10.1 Å². The summed E-state index contributed by atoms with van der Waals surface area (Å²) in [5.74, 6) is 0. The van der Waals surface area contributed by atoms with E-state index < -0.39 is 0 Å². The van der Waals surface area contributed by atoms with E-state index in [1.807, 2.05) is 12.1 Å². The van der Waals surface area contributed by atoms with Crippen molar-refractivity contribution >= 4 is 11.4 Å². The lowest BCUT2D eigenvalue weighted by atomic mass is 10.2. The summed E-state index contributed by atoms with van der Waals surface area (Å²) >= 11 is 0. The van der Waals surface area contributed by atoms with Crippen LogP contribution >= 0.6 is 0 Å². The number of hydrogen-bond donors (Lipinski definition) is 3. The fraction of sp³-hybridized carbons (Fsp3) is 0.625. The van der Waals surface area contributed by atoms with Crippen molar-refractivity contribution in [1.82, 2.24) is 16.0 Å². The number of nitro benzene ring substituents is 1. The van der Waals surface area contributed by atoms with Crippen molar-refractivity contribution < 1.29 is 4.92 Å². The minimum Gasteiger partial charge on any atom is -0.370 e. The summed E-state index contributed by atoms with van der Waals surface area (Å²) in [6.45, 7) is 7.81. The van der Waals surface area contributed by atoms with Crippen LogP contribution in [0.3, 0.4) is 0 Å². The zero-order valence-corrected chi connectivity index (χ0v) is 13.6. The molecule has 1 aliphatic rings. The molecule has 0 atom stereocenters. The van der Waals surface area contributed by atoms with Crippen LogP contribution in [0.15, 0.2) is 24.3 Å². The van der Waals surface area contributed by atoms with Crippen molar-refractivity contribution in [1.29, 1.82) is 0 Å². The van der Waals surface area contributed by atoms with E-state index in [1.165, 1.54) is 0 Å². The van der Waals surface area contributed by atoms with Gasteiger partial charge in [-0.05, 0) is 44.6 Å². The molecule has 1 aromatic rings. The van der Waals surface area contributed by atoms with Crippen molar-refractivity contribution in [2.24, 2.45) is 0 Å². The first kappa shape index (κ1) is 17.7. The Kier molecular flexibility index (Phi) is 7.79. The van der Waals surface area contributed by atoms with Gasteiger partial charge in [0.15, 0.2) is 0 Å². The Morgan fingerprint density at radius 1 is 0.826 bits per heavy atom. The standard InChI is InChI=1S/C16H27N5O2/c22-21(23)16-5-3-15(4-6-16)20-13-2-9-18-11-10-17-7-1-8-19-12-14-20/h3-6,17-19H,1-2,7-14H2. The lowest BCUT2D eigenvalue weighted by molar-refractivity contribution is -0.384. The molecule has 0 radical (unpaired) electrons. The van der Waals surface area contributed by atoms with E-state index in [4.69, 9.17) is 0 Å². The van der Waals surface area contributed by atoms with Gasteiger partial charge in [-0.15, -0.1) is 0 Å². The van der Waals surface area contributed by atoms with E-state index in [2.05, 4.69) is 20.9 Å². The summed E-state index contributed by atoms with van der Waals surface area (Å²) in [6.07, 6.45) is 2.18. The quantitative estimate of drug-likeness (QED) is 0.556. The second-order valence-electron chi connectivity index (χ2n) is 5.72. The molecule has 1 fully saturated rings. The van der Waals surface area contributed by atoms with Gasteiger partial charge >= 0.3 is 0 Å². The van der Waals surface area contributed by atoms with Crippen LogP contribution in [0.4, 0.5) is 11.4 Å². The van der Waals surface area contributed by atoms with E-state index in [-0.39, 0.29) is 10.6 Å². The minimum absolute atomic E-state index is 0.142. The number of rotatable bonds is 2. The molecular weight excluding hydrogens is 294 g/mol. The molecule has 1 heterocycles. The van der Waals surface area contributed by atoms with Crippen molar-refractivity contribution in [3.63, 3.8) is 0 Å². The predicted molar refractivity (Wildman–Crippen MR) is 93.2 cm³/mol. The molecule has 2 rings (SSSR count). The number of hydrogen-bond acceptors (Lipinski definition) is 6. The molecule has 0 amide bonds. The molecule has 7 nitrogen and oxygen atoms in total. The van der Waals surface area contributed by atoms with Gasteiger partial charge in [0.2, 0.25) is 0 Å². The largest absolute Gasteiger partial charge is 0.370 e. The monoisotopic (exact) mass is 321 g/mol. The second-order valence-corrected chi connectivity index (χ2v) is 5.72. The summed E-state index contributed by atoms with van der Waals surface area (Å²) in [7, 11) is 0. The Morgan fingerprint density at radius 3 is 2.09 bits per heavy atom. The van der Waals surface area contributed by atoms with Crippen LogP contribution in [0.5, 0.6) is 0 Å². The molecule has 0 unspecified atom stereocenters. The van der Waals surface area contributed by atoms with Crippen LogP contribution in [0.1, 0.15) is 12.8 Å². The van der Waals surface area contributed by atoms with Gasteiger partial charge in [-0.2, -0.15) is 0 Å². The Hall–Kier alpha value is -1.70. The third-order valence-electron chi connectivity index (χ3n) is 3.95. The molecule has 1 aromatic carbocycles. The first-order chi connectivity index (χ1) is 11.3. The van der Waals surface area contributed by atoms with Crippen molar-refractivity contribution in [2.45, 2.75) is 12.8 Å². The fourth-order valence-electron chi connectivity index (χ4n) is 2.65. The van der Waals surface area contributed by atoms with Gasteiger partial charge in [-0.3, -0.25) is 10.1 Å². The zero-order valence-electron chi connectivity index (χ0n) is 13.6. The van der Waals surface area contributed by atoms with E-state index in [0.717, 1.165) is 70.9 Å². The first-order valence-corrected chi connectivity index (χ1v) is 8.39. The van der Waals surface area contributed by atoms with Gasteiger partial charge in [-0.25, -0.2) is 0 Å². The average molecular weight is 321 g/mol. The highest BCUT2D eigenvalue weighted by Gasteiger charge is 2.09. The molecule has 0 aromatic heterocycles. The summed E-state index contributed by atoms with van der Waals surface area (Å²) in [5.41, 5.74) is 1.19. The van der Waals surface area contributed by atoms with E-state index in [0.29, 0.717) is 0 Å². The molecule has 0 saturated carbocycles. The number of nitro groups is 1. The third-order valence-corrected chi connectivity index (χ3v) is 3.95. The highest BCUT2D eigenvalue weighted by Crippen LogP contribution is 2.19. The molecular formula is C16H27N5O2. The fourth-order valence-corrected chi connectivity index (χ4v) is 2.65. The topological polar surface area (TPSA) is 82.5 Å². The van der Waals surface area contributed by atoms with Crippen LogP contribution in [-0.4, -0.2) is 57.3 Å². The maximum absolute atomic E-state index is 10.8. The van der Waals surface area contributed by atoms with E-state index >= 15 is 0 Å². The Bertz CT molecular complexity index is 452. The lowest BCUT2D eigenvalue weighted by Gasteiger charge is -2.25. The summed E-state index contributed by atoms with van der Waals surface area (Å²) in [6, 6.07) is 6.85. The number of benzene rings is 1. The highest BCUT2D eigenvalue weighted by molar-refractivity contribution is 5.50.